The molecule has 1 fully saturated rings. The van der Waals surface area contributed by atoms with Crippen molar-refractivity contribution < 1.29 is 14.2 Å². The quantitative estimate of drug-likeness (QED) is 0.487. The van der Waals surface area contributed by atoms with Gasteiger partial charge in [-0.25, -0.2) is 0 Å². The second-order valence-corrected chi connectivity index (χ2v) is 5.01. The molecule has 0 spiro atoms. The molecule has 0 amide bonds. The van der Waals surface area contributed by atoms with E-state index in [0.717, 1.165) is 38.4 Å². The molecular formula is C12H24O3S. The van der Waals surface area contributed by atoms with Crippen molar-refractivity contribution in [3.8, 4) is 0 Å². The van der Waals surface area contributed by atoms with Crippen LogP contribution in [0.3, 0.4) is 0 Å². The van der Waals surface area contributed by atoms with Crippen molar-refractivity contribution in [3.05, 3.63) is 0 Å². The van der Waals surface area contributed by atoms with Crippen LogP contribution in [0.5, 0.6) is 0 Å². The van der Waals surface area contributed by atoms with Crippen LogP contribution in [0.2, 0.25) is 0 Å². The number of thioether (sulfide) groups is 1. The van der Waals surface area contributed by atoms with Gasteiger partial charge in [0.15, 0.2) is 6.29 Å². The highest BCUT2D eigenvalue weighted by molar-refractivity contribution is 7.98. The van der Waals surface area contributed by atoms with Crippen LogP contribution < -0.4 is 0 Å². The van der Waals surface area contributed by atoms with Crippen LogP contribution in [0.25, 0.3) is 0 Å². The van der Waals surface area contributed by atoms with Gasteiger partial charge in [-0.3, -0.25) is 0 Å². The second-order valence-electron chi connectivity index (χ2n) is 4.20. The summed E-state index contributed by atoms with van der Waals surface area (Å²) in [7, 11) is 0. The van der Waals surface area contributed by atoms with Crippen LogP contribution in [0.1, 0.15) is 39.0 Å². The van der Waals surface area contributed by atoms with Crippen molar-refractivity contribution >= 4 is 11.8 Å². The maximum atomic E-state index is 5.81. The molecule has 96 valence electrons. The molecule has 4 heteroatoms. The molecule has 0 aromatic carbocycles. The van der Waals surface area contributed by atoms with Crippen LogP contribution in [-0.4, -0.2) is 37.8 Å². The van der Waals surface area contributed by atoms with Gasteiger partial charge in [0.2, 0.25) is 0 Å². The van der Waals surface area contributed by atoms with Crippen LogP contribution in [0.4, 0.5) is 0 Å². The number of ether oxygens (including phenoxy) is 3. The van der Waals surface area contributed by atoms with Gasteiger partial charge >= 0.3 is 0 Å². The Morgan fingerprint density at radius 1 is 1.44 bits per heavy atom. The van der Waals surface area contributed by atoms with Crippen molar-refractivity contribution in [2.75, 3.05) is 25.4 Å². The van der Waals surface area contributed by atoms with Crippen molar-refractivity contribution in [3.63, 3.8) is 0 Å². The Morgan fingerprint density at radius 2 is 2.31 bits per heavy atom. The van der Waals surface area contributed by atoms with E-state index in [2.05, 4.69) is 6.92 Å². The fraction of sp³-hybridized carbons (Fsp3) is 1.00. The minimum Gasteiger partial charge on any atom is -0.371 e. The third-order valence-corrected chi connectivity index (χ3v) is 3.02. The lowest BCUT2D eigenvalue weighted by atomic mass is 10.2. The molecule has 0 aromatic rings. The van der Waals surface area contributed by atoms with Gasteiger partial charge in [0, 0.05) is 13.2 Å². The lowest BCUT2D eigenvalue weighted by Gasteiger charge is -2.26. The van der Waals surface area contributed by atoms with E-state index in [1.807, 2.05) is 6.26 Å². The lowest BCUT2D eigenvalue weighted by molar-refractivity contribution is -0.185. The first-order valence-corrected chi connectivity index (χ1v) is 7.56. The summed E-state index contributed by atoms with van der Waals surface area (Å²) in [6.45, 7) is 3.81. The largest absolute Gasteiger partial charge is 0.371 e. The minimum atomic E-state index is 0.0378. The van der Waals surface area contributed by atoms with Gasteiger partial charge in [0.25, 0.3) is 0 Å². The first kappa shape index (κ1) is 14.3. The molecular weight excluding hydrogens is 224 g/mol. The number of rotatable bonds is 8. The number of hydrogen-bond acceptors (Lipinski definition) is 4. The Balaban J connectivity index is 1.95. The van der Waals surface area contributed by atoms with E-state index in [1.165, 1.54) is 12.8 Å². The average Bonchev–Trinajstić information content (AvgIpc) is 2.30. The molecule has 1 saturated heterocycles. The zero-order chi connectivity index (χ0) is 11.6. The van der Waals surface area contributed by atoms with Crippen LogP contribution in [-0.2, 0) is 14.2 Å². The molecule has 0 bridgehead atoms. The summed E-state index contributed by atoms with van der Waals surface area (Å²) in [6, 6.07) is 0. The van der Waals surface area contributed by atoms with E-state index in [9.17, 15) is 0 Å². The Bertz CT molecular complexity index is 160. The van der Waals surface area contributed by atoms with Gasteiger partial charge in [-0.2, -0.15) is 0 Å². The predicted molar refractivity (Wildman–Crippen MR) is 67.7 cm³/mol. The normalized spacial score (nSPS) is 23.2. The van der Waals surface area contributed by atoms with Gasteiger partial charge in [-0.1, -0.05) is 0 Å². The lowest BCUT2D eigenvalue weighted by Crippen LogP contribution is -2.26. The van der Waals surface area contributed by atoms with E-state index < -0.39 is 0 Å². The van der Waals surface area contributed by atoms with Crippen LogP contribution in [0, 0.1) is 0 Å². The summed E-state index contributed by atoms with van der Waals surface area (Å²) in [5.74, 6) is 0.793. The zero-order valence-corrected chi connectivity index (χ0v) is 11.3. The molecule has 1 heterocycles. The Kier molecular flexibility index (Phi) is 8.29. The SMILES string of the molecule is CSCOCCCC(C)OC1CCCCO1. The van der Waals surface area contributed by atoms with Crippen LogP contribution in [0.15, 0.2) is 0 Å². The first-order valence-electron chi connectivity index (χ1n) is 6.16. The van der Waals surface area contributed by atoms with Gasteiger partial charge in [-0.15, -0.1) is 11.8 Å². The van der Waals surface area contributed by atoms with Crippen LogP contribution >= 0.6 is 11.8 Å². The van der Waals surface area contributed by atoms with Gasteiger partial charge in [0.1, 0.15) is 0 Å². The molecule has 0 N–H and O–H groups in total. The van der Waals surface area contributed by atoms with E-state index in [0.29, 0.717) is 0 Å². The molecule has 0 aromatic heterocycles. The molecule has 3 nitrogen and oxygen atoms in total. The van der Waals surface area contributed by atoms with Crippen molar-refractivity contribution in [2.45, 2.75) is 51.4 Å². The van der Waals surface area contributed by atoms with Crippen molar-refractivity contribution in [1.82, 2.24) is 0 Å². The molecule has 1 rings (SSSR count). The summed E-state index contributed by atoms with van der Waals surface area (Å²) in [5.41, 5.74) is 0. The first-order chi connectivity index (χ1) is 7.83. The summed E-state index contributed by atoms with van der Waals surface area (Å²) in [4.78, 5) is 0. The van der Waals surface area contributed by atoms with Gasteiger partial charge < -0.3 is 14.2 Å². The zero-order valence-electron chi connectivity index (χ0n) is 10.4. The molecule has 1 aliphatic heterocycles. The Morgan fingerprint density at radius 3 is 3.00 bits per heavy atom. The smallest absolute Gasteiger partial charge is 0.157 e. The minimum absolute atomic E-state index is 0.0378. The highest BCUT2D eigenvalue weighted by atomic mass is 32.2. The Labute approximate surface area is 103 Å². The highest BCUT2D eigenvalue weighted by Crippen LogP contribution is 2.16. The molecule has 0 aliphatic carbocycles. The topological polar surface area (TPSA) is 27.7 Å². The maximum Gasteiger partial charge on any atom is 0.157 e. The van der Waals surface area contributed by atoms with Gasteiger partial charge in [-0.05, 0) is 45.3 Å². The fourth-order valence-corrected chi connectivity index (χ4v) is 2.05. The molecule has 1 aliphatic rings. The summed E-state index contributed by atoms with van der Waals surface area (Å²) >= 11 is 1.72. The molecule has 16 heavy (non-hydrogen) atoms. The Hall–Kier alpha value is 0.230. The summed E-state index contributed by atoms with van der Waals surface area (Å²) < 4.78 is 16.8. The number of hydrogen-bond donors (Lipinski definition) is 0. The van der Waals surface area contributed by atoms with E-state index in [4.69, 9.17) is 14.2 Å². The molecule has 2 unspecified atom stereocenters. The summed E-state index contributed by atoms with van der Waals surface area (Å²) in [5, 5.41) is 0. The third-order valence-electron chi connectivity index (χ3n) is 2.62. The fourth-order valence-electron chi connectivity index (χ4n) is 1.76. The third kappa shape index (κ3) is 6.74. The van der Waals surface area contributed by atoms with E-state index in [1.54, 1.807) is 11.8 Å². The van der Waals surface area contributed by atoms with Crippen molar-refractivity contribution in [1.29, 1.82) is 0 Å². The predicted octanol–water partition coefficient (Wildman–Crippen LogP) is 3.04. The molecule has 0 radical (unpaired) electrons. The molecule has 0 saturated carbocycles. The highest BCUT2D eigenvalue weighted by Gasteiger charge is 2.16. The van der Waals surface area contributed by atoms with E-state index >= 15 is 0 Å². The van der Waals surface area contributed by atoms with E-state index in [-0.39, 0.29) is 12.4 Å². The second kappa shape index (κ2) is 9.28. The molecule has 2 atom stereocenters. The maximum absolute atomic E-state index is 5.81. The summed E-state index contributed by atoms with van der Waals surface area (Å²) in [6.07, 6.45) is 7.93. The monoisotopic (exact) mass is 248 g/mol. The van der Waals surface area contributed by atoms with Crippen molar-refractivity contribution in [2.24, 2.45) is 0 Å². The average molecular weight is 248 g/mol. The van der Waals surface area contributed by atoms with Gasteiger partial charge in [0.05, 0.1) is 12.0 Å². The standard InChI is InChI=1S/C12H24O3S/c1-11(6-5-8-13-10-16-2)15-12-7-3-4-9-14-12/h11-12H,3-10H2,1-2H3.